The first kappa shape index (κ1) is 26.5. The highest BCUT2D eigenvalue weighted by molar-refractivity contribution is 7.99. The lowest BCUT2D eigenvalue weighted by Gasteiger charge is -2.21. The summed E-state index contributed by atoms with van der Waals surface area (Å²) in [6.45, 7) is 5.38. The fourth-order valence-electron chi connectivity index (χ4n) is 5.51. The standard InChI is InChI=1S/C26H26F3N5S2.ClH/c1-16-30-21-12-19(8-9-22(21)36-16)25-13-20(25)14-34(15-25)10-3-11-35-24-32-31-23(33(24)2)17-4-6-18(7-5-17)26(27,28)29;/h4-9,12,20H,3,10-11,13-15H2,1-2H3;1H/t20-,25+;/m1./s1. The minimum Gasteiger partial charge on any atom is -0.305 e. The molecule has 1 aliphatic carbocycles. The van der Waals surface area contributed by atoms with E-state index >= 15 is 0 Å². The molecule has 0 unspecified atom stereocenters. The summed E-state index contributed by atoms with van der Waals surface area (Å²) in [5.74, 6) is 2.23. The Kier molecular flexibility index (Phi) is 7.06. The monoisotopic (exact) mass is 565 g/mol. The van der Waals surface area contributed by atoms with E-state index in [1.807, 2.05) is 11.6 Å². The third-order valence-corrected chi connectivity index (χ3v) is 9.50. The lowest BCUT2D eigenvalue weighted by Crippen LogP contribution is -2.27. The van der Waals surface area contributed by atoms with Crippen molar-refractivity contribution in [2.24, 2.45) is 13.0 Å². The zero-order valence-electron chi connectivity index (χ0n) is 20.5. The van der Waals surface area contributed by atoms with Crippen LogP contribution in [0.5, 0.6) is 0 Å². The van der Waals surface area contributed by atoms with Crippen LogP contribution in [0.2, 0.25) is 0 Å². The third kappa shape index (κ3) is 5.01. The average molecular weight is 566 g/mol. The van der Waals surface area contributed by atoms with Crippen molar-refractivity contribution in [2.45, 2.75) is 36.5 Å². The molecule has 3 heterocycles. The lowest BCUT2D eigenvalue weighted by molar-refractivity contribution is -0.137. The highest BCUT2D eigenvalue weighted by Gasteiger charge is 2.60. The maximum Gasteiger partial charge on any atom is 0.416 e. The lowest BCUT2D eigenvalue weighted by atomic mass is 9.95. The van der Waals surface area contributed by atoms with Gasteiger partial charge in [-0.2, -0.15) is 13.2 Å². The number of hydrogen-bond donors (Lipinski definition) is 0. The number of alkyl halides is 3. The summed E-state index contributed by atoms with van der Waals surface area (Å²) in [4.78, 5) is 7.27. The Balaban J connectivity index is 0.00000280. The van der Waals surface area contributed by atoms with Crippen molar-refractivity contribution in [1.82, 2.24) is 24.6 Å². The quantitative estimate of drug-likeness (QED) is 0.187. The summed E-state index contributed by atoms with van der Waals surface area (Å²) >= 11 is 3.39. The van der Waals surface area contributed by atoms with E-state index in [9.17, 15) is 13.2 Å². The van der Waals surface area contributed by atoms with Gasteiger partial charge in [0.1, 0.15) is 0 Å². The van der Waals surface area contributed by atoms with Crippen LogP contribution in [0, 0.1) is 12.8 Å². The number of nitrogens with zero attached hydrogens (tertiary/aromatic N) is 5. The van der Waals surface area contributed by atoms with E-state index in [0.717, 1.165) is 65.5 Å². The van der Waals surface area contributed by atoms with Gasteiger partial charge in [0.2, 0.25) is 0 Å². The number of benzene rings is 2. The summed E-state index contributed by atoms with van der Waals surface area (Å²) in [6.07, 6.45) is -2.03. The van der Waals surface area contributed by atoms with E-state index in [-0.39, 0.29) is 12.4 Å². The Morgan fingerprint density at radius 1 is 1.14 bits per heavy atom. The number of fused-ring (bicyclic) bond motifs is 2. The topological polar surface area (TPSA) is 46.8 Å². The normalized spacial score (nSPS) is 21.3. The molecule has 6 rings (SSSR count). The van der Waals surface area contributed by atoms with Crippen molar-refractivity contribution in [1.29, 1.82) is 0 Å². The molecule has 2 aromatic carbocycles. The van der Waals surface area contributed by atoms with Gasteiger partial charge < -0.3 is 9.47 Å². The highest BCUT2D eigenvalue weighted by atomic mass is 35.5. The summed E-state index contributed by atoms with van der Waals surface area (Å²) in [6, 6.07) is 11.9. The first-order chi connectivity index (χ1) is 17.2. The molecule has 2 aromatic heterocycles. The van der Waals surface area contributed by atoms with Crippen LogP contribution in [0.4, 0.5) is 13.2 Å². The van der Waals surface area contributed by atoms with Gasteiger partial charge in [0.05, 0.1) is 20.8 Å². The molecule has 2 atom stereocenters. The first-order valence-corrected chi connectivity index (χ1v) is 13.8. The molecule has 1 aliphatic heterocycles. The van der Waals surface area contributed by atoms with Gasteiger partial charge in [-0.25, -0.2) is 4.98 Å². The second-order valence-electron chi connectivity index (χ2n) is 9.85. The fourth-order valence-corrected chi connectivity index (χ4v) is 7.15. The van der Waals surface area contributed by atoms with Crippen molar-refractivity contribution < 1.29 is 13.2 Å². The van der Waals surface area contributed by atoms with Crippen LogP contribution < -0.4 is 0 Å². The van der Waals surface area contributed by atoms with E-state index in [0.29, 0.717) is 16.8 Å². The molecule has 1 saturated heterocycles. The summed E-state index contributed by atoms with van der Waals surface area (Å²) < 4.78 is 41.6. The van der Waals surface area contributed by atoms with Gasteiger partial charge in [0.15, 0.2) is 11.0 Å². The van der Waals surface area contributed by atoms with Gasteiger partial charge in [-0.15, -0.1) is 33.9 Å². The largest absolute Gasteiger partial charge is 0.416 e. The van der Waals surface area contributed by atoms with E-state index in [1.165, 1.54) is 28.8 Å². The first-order valence-electron chi connectivity index (χ1n) is 12.0. The predicted molar refractivity (Wildman–Crippen MR) is 145 cm³/mol. The summed E-state index contributed by atoms with van der Waals surface area (Å²) in [5.41, 5.74) is 2.83. The SMILES string of the molecule is Cc1nc2cc([C@@]34C[C@@H]3CN(CCCSc3nnc(-c5ccc(C(F)(F)F)cc5)n3C)C4)ccc2s1.Cl. The fraction of sp³-hybridized carbons (Fsp3) is 0.423. The Morgan fingerprint density at radius 2 is 1.92 bits per heavy atom. The smallest absolute Gasteiger partial charge is 0.305 e. The number of rotatable bonds is 7. The van der Waals surface area contributed by atoms with Crippen LogP contribution in [0.1, 0.15) is 29.0 Å². The van der Waals surface area contributed by atoms with Crippen molar-refractivity contribution in [3.63, 3.8) is 0 Å². The minimum absolute atomic E-state index is 0. The molecule has 196 valence electrons. The van der Waals surface area contributed by atoms with E-state index < -0.39 is 11.7 Å². The van der Waals surface area contributed by atoms with Crippen molar-refractivity contribution in [3.05, 3.63) is 58.6 Å². The molecule has 0 spiro atoms. The van der Waals surface area contributed by atoms with Crippen molar-refractivity contribution in [3.8, 4) is 11.4 Å². The third-order valence-electron chi connectivity index (χ3n) is 7.44. The molecule has 0 amide bonds. The molecular weight excluding hydrogens is 539 g/mol. The van der Waals surface area contributed by atoms with Crippen molar-refractivity contribution >= 4 is 45.7 Å². The van der Waals surface area contributed by atoms with E-state index in [2.05, 4.69) is 45.2 Å². The van der Waals surface area contributed by atoms with Gasteiger partial charge in [-0.05, 0) is 62.1 Å². The molecule has 37 heavy (non-hydrogen) atoms. The number of likely N-dealkylation sites (tertiary alicyclic amines) is 1. The number of halogens is 4. The molecule has 0 N–H and O–H groups in total. The average Bonchev–Trinajstić information content (AvgIpc) is 3.12. The maximum atomic E-state index is 12.8. The molecule has 0 radical (unpaired) electrons. The Labute approximate surface area is 227 Å². The summed E-state index contributed by atoms with van der Waals surface area (Å²) in [7, 11) is 1.85. The Morgan fingerprint density at radius 3 is 2.68 bits per heavy atom. The number of aryl methyl sites for hydroxylation is 1. The molecule has 2 aliphatic rings. The van der Waals surface area contributed by atoms with Crippen LogP contribution in [-0.2, 0) is 18.6 Å². The van der Waals surface area contributed by atoms with E-state index in [4.69, 9.17) is 0 Å². The van der Waals surface area contributed by atoms with Crippen LogP contribution >= 0.6 is 35.5 Å². The van der Waals surface area contributed by atoms with E-state index in [1.54, 1.807) is 23.1 Å². The number of thioether (sulfide) groups is 1. The zero-order valence-corrected chi connectivity index (χ0v) is 22.9. The summed E-state index contributed by atoms with van der Waals surface area (Å²) in [5, 5.41) is 10.4. The highest BCUT2D eigenvalue weighted by Crippen LogP contribution is 2.59. The zero-order chi connectivity index (χ0) is 25.1. The molecule has 4 aromatic rings. The number of aromatic nitrogens is 4. The maximum absolute atomic E-state index is 12.8. The van der Waals surface area contributed by atoms with Gasteiger partial charge in [0.25, 0.3) is 0 Å². The van der Waals surface area contributed by atoms with Crippen LogP contribution in [0.25, 0.3) is 21.6 Å². The minimum atomic E-state index is -4.34. The number of thiazole rings is 1. The van der Waals surface area contributed by atoms with Gasteiger partial charge in [-0.1, -0.05) is 30.0 Å². The van der Waals surface area contributed by atoms with Crippen LogP contribution in [0.3, 0.4) is 0 Å². The molecule has 5 nitrogen and oxygen atoms in total. The molecule has 2 fully saturated rings. The Bertz CT molecular complexity index is 1420. The second kappa shape index (κ2) is 9.87. The number of piperidine rings is 1. The van der Waals surface area contributed by atoms with Gasteiger partial charge in [-0.3, -0.25) is 0 Å². The molecular formula is C26H27ClF3N5S2. The van der Waals surface area contributed by atoms with Crippen molar-refractivity contribution in [2.75, 3.05) is 25.4 Å². The predicted octanol–water partition coefficient (Wildman–Crippen LogP) is 6.60. The van der Waals surface area contributed by atoms with Gasteiger partial charge in [0, 0.05) is 36.9 Å². The van der Waals surface area contributed by atoms with Crippen LogP contribution in [0.15, 0.2) is 47.6 Å². The molecule has 0 bridgehead atoms. The Hall–Kier alpha value is -2.14. The molecule has 1 saturated carbocycles. The molecule has 11 heteroatoms. The second-order valence-corrected chi connectivity index (χ2v) is 12.1. The van der Waals surface area contributed by atoms with Crippen LogP contribution in [-0.4, -0.2) is 50.0 Å². The van der Waals surface area contributed by atoms with Gasteiger partial charge >= 0.3 is 6.18 Å². The number of hydrogen-bond acceptors (Lipinski definition) is 6.